The van der Waals surface area contributed by atoms with Crippen molar-refractivity contribution in [1.82, 2.24) is 5.43 Å². The van der Waals surface area contributed by atoms with E-state index in [9.17, 15) is 4.79 Å². The SMILES string of the molecule is CC1C/C(=N\NC(N)=O)CCO1. The summed E-state index contributed by atoms with van der Waals surface area (Å²) in [5.74, 6) is 0. The monoisotopic (exact) mass is 171 g/mol. The highest BCUT2D eigenvalue weighted by molar-refractivity contribution is 5.86. The predicted octanol–water partition coefficient (Wildman–Crippen LogP) is 0.210. The number of nitrogens with one attached hydrogen (secondary N) is 1. The van der Waals surface area contributed by atoms with E-state index in [0.717, 1.165) is 18.6 Å². The highest BCUT2D eigenvalue weighted by Gasteiger charge is 2.14. The van der Waals surface area contributed by atoms with Gasteiger partial charge in [-0.25, -0.2) is 10.2 Å². The molecule has 1 fully saturated rings. The van der Waals surface area contributed by atoms with E-state index in [1.807, 2.05) is 6.92 Å². The van der Waals surface area contributed by atoms with Crippen LogP contribution in [0.1, 0.15) is 19.8 Å². The smallest absolute Gasteiger partial charge is 0.332 e. The standard InChI is InChI=1S/C7H13N3O2/c1-5-4-6(2-3-12-5)9-10-7(8)11/h5H,2-4H2,1H3,(H3,8,10,11)/b9-6-. The van der Waals surface area contributed by atoms with Crippen molar-refractivity contribution in [3.63, 3.8) is 0 Å². The first-order valence-electron chi connectivity index (χ1n) is 3.91. The van der Waals surface area contributed by atoms with E-state index in [-0.39, 0.29) is 6.10 Å². The third-order valence-corrected chi connectivity index (χ3v) is 1.64. The molecule has 0 aromatic rings. The average molecular weight is 171 g/mol. The zero-order chi connectivity index (χ0) is 8.97. The minimum Gasteiger partial charge on any atom is -0.378 e. The van der Waals surface area contributed by atoms with Gasteiger partial charge >= 0.3 is 6.03 Å². The lowest BCUT2D eigenvalue weighted by molar-refractivity contribution is 0.0631. The maximum absolute atomic E-state index is 10.3. The Morgan fingerprint density at radius 3 is 3.17 bits per heavy atom. The zero-order valence-corrected chi connectivity index (χ0v) is 7.04. The largest absolute Gasteiger partial charge is 0.378 e. The Morgan fingerprint density at radius 1 is 1.83 bits per heavy atom. The van der Waals surface area contributed by atoms with Crippen molar-refractivity contribution in [2.24, 2.45) is 10.8 Å². The van der Waals surface area contributed by atoms with Crippen LogP contribution in [-0.2, 0) is 4.74 Å². The molecule has 0 bridgehead atoms. The number of hydrazone groups is 1. The van der Waals surface area contributed by atoms with Crippen LogP contribution in [-0.4, -0.2) is 24.5 Å². The Bertz CT molecular complexity index is 203. The van der Waals surface area contributed by atoms with Gasteiger partial charge in [0.2, 0.25) is 0 Å². The van der Waals surface area contributed by atoms with E-state index < -0.39 is 6.03 Å². The summed E-state index contributed by atoms with van der Waals surface area (Å²) in [5.41, 5.74) is 8.00. The normalized spacial score (nSPS) is 27.1. The van der Waals surface area contributed by atoms with Gasteiger partial charge in [-0.1, -0.05) is 0 Å². The molecule has 68 valence electrons. The van der Waals surface area contributed by atoms with E-state index in [1.54, 1.807) is 0 Å². The highest BCUT2D eigenvalue weighted by atomic mass is 16.5. The molecule has 1 aliphatic rings. The van der Waals surface area contributed by atoms with Crippen molar-refractivity contribution in [2.75, 3.05) is 6.61 Å². The number of amides is 2. The molecular formula is C7H13N3O2. The van der Waals surface area contributed by atoms with Crippen molar-refractivity contribution >= 4 is 11.7 Å². The summed E-state index contributed by atoms with van der Waals surface area (Å²) in [6.45, 7) is 2.64. The van der Waals surface area contributed by atoms with Gasteiger partial charge in [0.15, 0.2) is 0 Å². The zero-order valence-electron chi connectivity index (χ0n) is 7.04. The lowest BCUT2D eigenvalue weighted by atomic mass is 10.1. The first-order chi connectivity index (χ1) is 5.68. The maximum Gasteiger partial charge on any atom is 0.332 e. The van der Waals surface area contributed by atoms with Crippen LogP contribution in [0.3, 0.4) is 0 Å². The summed E-state index contributed by atoms with van der Waals surface area (Å²) in [6.07, 6.45) is 1.72. The second-order valence-electron chi connectivity index (χ2n) is 2.79. The maximum atomic E-state index is 10.3. The van der Waals surface area contributed by atoms with Gasteiger partial charge in [0.1, 0.15) is 0 Å². The molecule has 1 rings (SSSR count). The number of nitrogens with zero attached hydrogens (tertiary/aromatic N) is 1. The van der Waals surface area contributed by atoms with Crippen molar-refractivity contribution in [1.29, 1.82) is 0 Å². The number of ether oxygens (including phenoxy) is 1. The van der Waals surface area contributed by atoms with Crippen LogP contribution >= 0.6 is 0 Å². The Morgan fingerprint density at radius 2 is 2.58 bits per heavy atom. The molecule has 1 atom stereocenters. The van der Waals surface area contributed by atoms with Crippen molar-refractivity contribution in [3.8, 4) is 0 Å². The molecule has 0 aromatic carbocycles. The molecule has 0 aromatic heterocycles. The lowest BCUT2D eigenvalue weighted by Gasteiger charge is -2.19. The quantitative estimate of drug-likeness (QED) is 0.553. The third-order valence-electron chi connectivity index (χ3n) is 1.64. The van der Waals surface area contributed by atoms with E-state index in [0.29, 0.717) is 6.61 Å². The Balaban J connectivity index is 2.39. The number of carbonyl (C=O) groups excluding carboxylic acids is 1. The molecule has 2 amide bonds. The Kier molecular flexibility index (Phi) is 3.04. The summed E-state index contributed by atoms with van der Waals surface area (Å²) in [6, 6.07) is -0.623. The molecule has 1 heterocycles. The molecule has 3 N–H and O–H groups in total. The van der Waals surface area contributed by atoms with E-state index in [2.05, 4.69) is 10.5 Å². The fourth-order valence-electron chi connectivity index (χ4n) is 1.11. The summed E-state index contributed by atoms with van der Waals surface area (Å²) in [4.78, 5) is 10.3. The number of hydrogen-bond donors (Lipinski definition) is 2. The van der Waals surface area contributed by atoms with E-state index in [4.69, 9.17) is 10.5 Å². The highest BCUT2D eigenvalue weighted by Crippen LogP contribution is 2.09. The van der Waals surface area contributed by atoms with Crippen LogP contribution in [0.5, 0.6) is 0 Å². The van der Waals surface area contributed by atoms with E-state index >= 15 is 0 Å². The molecule has 1 saturated heterocycles. The van der Waals surface area contributed by atoms with Crippen LogP contribution in [0.15, 0.2) is 5.10 Å². The molecule has 0 spiro atoms. The minimum absolute atomic E-state index is 0.187. The second-order valence-corrected chi connectivity index (χ2v) is 2.79. The van der Waals surface area contributed by atoms with Gasteiger partial charge in [-0.15, -0.1) is 0 Å². The van der Waals surface area contributed by atoms with Gasteiger partial charge in [0.05, 0.1) is 12.7 Å². The van der Waals surface area contributed by atoms with Crippen molar-refractivity contribution in [3.05, 3.63) is 0 Å². The fourth-order valence-corrected chi connectivity index (χ4v) is 1.11. The lowest BCUT2D eigenvalue weighted by Crippen LogP contribution is -2.29. The predicted molar refractivity (Wildman–Crippen MR) is 44.8 cm³/mol. The van der Waals surface area contributed by atoms with Gasteiger partial charge in [-0.2, -0.15) is 5.10 Å². The number of nitrogens with two attached hydrogens (primary N) is 1. The van der Waals surface area contributed by atoms with Crippen molar-refractivity contribution in [2.45, 2.75) is 25.9 Å². The van der Waals surface area contributed by atoms with Crippen LogP contribution < -0.4 is 11.2 Å². The van der Waals surface area contributed by atoms with Gasteiger partial charge in [-0.3, -0.25) is 0 Å². The first-order valence-corrected chi connectivity index (χ1v) is 3.91. The number of hydrogen-bond acceptors (Lipinski definition) is 3. The summed E-state index contributed by atoms with van der Waals surface area (Å²) in [7, 11) is 0. The summed E-state index contributed by atoms with van der Waals surface area (Å²) >= 11 is 0. The molecule has 1 aliphatic heterocycles. The summed E-state index contributed by atoms with van der Waals surface area (Å²) in [5, 5.41) is 3.85. The van der Waals surface area contributed by atoms with Crippen LogP contribution in [0.4, 0.5) is 4.79 Å². The molecule has 5 nitrogen and oxygen atoms in total. The first kappa shape index (κ1) is 8.99. The second kappa shape index (κ2) is 4.06. The molecule has 0 aliphatic carbocycles. The molecule has 5 heteroatoms. The fraction of sp³-hybridized carbons (Fsp3) is 0.714. The van der Waals surface area contributed by atoms with Crippen LogP contribution in [0.25, 0.3) is 0 Å². The number of urea groups is 1. The number of rotatable bonds is 1. The topological polar surface area (TPSA) is 76.7 Å². The Hall–Kier alpha value is -1.10. The van der Waals surface area contributed by atoms with Gasteiger partial charge in [0.25, 0.3) is 0 Å². The number of primary amides is 1. The number of carbonyl (C=O) groups is 1. The van der Waals surface area contributed by atoms with E-state index in [1.165, 1.54) is 0 Å². The van der Waals surface area contributed by atoms with Crippen molar-refractivity contribution < 1.29 is 9.53 Å². The van der Waals surface area contributed by atoms with Gasteiger partial charge in [0, 0.05) is 18.6 Å². The molecule has 1 unspecified atom stereocenters. The Labute approximate surface area is 71.0 Å². The molecular weight excluding hydrogens is 158 g/mol. The van der Waals surface area contributed by atoms with Gasteiger partial charge in [-0.05, 0) is 6.92 Å². The third kappa shape index (κ3) is 2.87. The molecule has 12 heavy (non-hydrogen) atoms. The minimum atomic E-state index is -0.623. The molecule has 0 saturated carbocycles. The van der Waals surface area contributed by atoms with Gasteiger partial charge < -0.3 is 10.5 Å². The van der Waals surface area contributed by atoms with Crippen LogP contribution in [0.2, 0.25) is 0 Å². The average Bonchev–Trinajstić information content (AvgIpc) is 2.01. The molecule has 0 radical (unpaired) electrons. The van der Waals surface area contributed by atoms with Crippen LogP contribution in [0, 0.1) is 0 Å². The summed E-state index contributed by atoms with van der Waals surface area (Å²) < 4.78 is 5.29.